The van der Waals surface area contributed by atoms with Crippen molar-refractivity contribution < 1.29 is 9.53 Å². The van der Waals surface area contributed by atoms with Crippen molar-refractivity contribution in [3.63, 3.8) is 0 Å². The number of pyridine rings is 1. The number of methoxy groups -OCH3 is 1. The maximum absolute atomic E-state index is 11.4. The summed E-state index contributed by atoms with van der Waals surface area (Å²) in [5.41, 5.74) is 6.30. The fourth-order valence-corrected chi connectivity index (χ4v) is 1.22. The molecule has 0 unspecified atom stereocenters. The van der Waals surface area contributed by atoms with E-state index in [0.717, 1.165) is 0 Å². The van der Waals surface area contributed by atoms with Gasteiger partial charge in [0.15, 0.2) is 0 Å². The van der Waals surface area contributed by atoms with E-state index >= 15 is 0 Å². The molecule has 0 aliphatic carbocycles. The van der Waals surface area contributed by atoms with Crippen LogP contribution < -0.4 is 11.1 Å². The van der Waals surface area contributed by atoms with E-state index in [1.54, 1.807) is 0 Å². The standard InChI is InChI=1S/C11H17N3O2/c1-11(2,3)14-9-8(12)7(5-6-13-9)10(15)16-4/h5-6H,12H2,1-4H3,(H,13,14). The van der Waals surface area contributed by atoms with E-state index in [4.69, 9.17) is 5.73 Å². The Morgan fingerprint density at radius 1 is 1.50 bits per heavy atom. The lowest BCUT2D eigenvalue weighted by Crippen LogP contribution is -2.27. The van der Waals surface area contributed by atoms with Crippen LogP contribution in [-0.4, -0.2) is 23.6 Å². The summed E-state index contributed by atoms with van der Waals surface area (Å²) in [5, 5.41) is 3.12. The number of carbonyl (C=O) groups is 1. The molecule has 1 rings (SSSR count). The molecule has 0 aliphatic rings. The van der Waals surface area contributed by atoms with Gasteiger partial charge in [0, 0.05) is 11.7 Å². The van der Waals surface area contributed by atoms with Crippen LogP contribution in [0, 0.1) is 0 Å². The molecule has 0 aromatic carbocycles. The first-order chi connectivity index (χ1) is 7.35. The van der Waals surface area contributed by atoms with Gasteiger partial charge in [-0.15, -0.1) is 0 Å². The molecule has 0 spiro atoms. The van der Waals surface area contributed by atoms with Crippen molar-refractivity contribution in [3.05, 3.63) is 17.8 Å². The van der Waals surface area contributed by atoms with Gasteiger partial charge in [0.1, 0.15) is 5.82 Å². The Kier molecular flexibility index (Phi) is 3.37. The number of carbonyl (C=O) groups excluding carboxylic acids is 1. The predicted molar refractivity (Wildman–Crippen MR) is 63.4 cm³/mol. The number of aromatic nitrogens is 1. The van der Waals surface area contributed by atoms with E-state index in [2.05, 4.69) is 15.0 Å². The zero-order valence-corrected chi connectivity index (χ0v) is 10.00. The minimum atomic E-state index is -0.461. The summed E-state index contributed by atoms with van der Waals surface area (Å²) < 4.78 is 4.63. The van der Waals surface area contributed by atoms with E-state index < -0.39 is 5.97 Å². The molecule has 0 aliphatic heterocycles. The molecule has 88 valence electrons. The van der Waals surface area contributed by atoms with Gasteiger partial charge in [-0.3, -0.25) is 0 Å². The Morgan fingerprint density at radius 2 is 2.12 bits per heavy atom. The van der Waals surface area contributed by atoms with Gasteiger partial charge in [0.05, 0.1) is 18.4 Å². The Morgan fingerprint density at radius 3 is 2.62 bits per heavy atom. The van der Waals surface area contributed by atoms with E-state index in [9.17, 15) is 4.79 Å². The number of hydrogen-bond donors (Lipinski definition) is 2. The normalized spacial score (nSPS) is 11.0. The van der Waals surface area contributed by atoms with E-state index in [1.165, 1.54) is 19.4 Å². The van der Waals surface area contributed by atoms with Gasteiger partial charge in [0.25, 0.3) is 0 Å². The van der Waals surface area contributed by atoms with Gasteiger partial charge in [-0.2, -0.15) is 0 Å². The molecule has 1 aromatic rings. The Labute approximate surface area is 95.0 Å². The van der Waals surface area contributed by atoms with E-state index in [0.29, 0.717) is 17.1 Å². The fraction of sp³-hybridized carbons (Fsp3) is 0.455. The topological polar surface area (TPSA) is 77.2 Å². The maximum atomic E-state index is 11.4. The second kappa shape index (κ2) is 4.38. The predicted octanol–water partition coefficient (Wildman–Crippen LogP) is 1.66. The lowest BCUT2D eigenvalue weighted by Gasteiger charge is -2.22. The highest BCUT2D eigenvalue weighted by atomic mass is 16.5. The molecule has 0 amide bonds. The van der Waals surface area contributed by atoms with Gasteiger partial charge in [-0.05, 0) is 26.8 Å². The molecule has 5 nitrogen and oxygen atoms in total. The average molecular weight is 223 g/mol. The molecule has 0 bridgehead atoms. The van der Waals surface area contributed by atoms with Crippen LogP contribution in [0.3, 0.4) is 0 Å². The number of ether oxygens (including phenoxy) is 1. The highest BCUT2D eigenvalue weighted by Gasteiger charge is 2.17. The summed E-state index contributed by atoms with van der Waals surface area (Å²) in [7, 11) is 1.32. The molecule has 0 fully saturated rings. The van der Waals surface area contributed by atoms with Crippen molar-refractivity contribution in [2.45, 2.75) is 26.3 Å². The molecule has 0 atom stereocenters. The van der Waals surface area contributed by atoms with Crippen molar-refractivity contribution in [1.29, 1.82) is 0 Å². The van der Waals surface area contributed by atoms with Crippen LogP contribution in [0.15, 0.2) is 12.3 Å². The second-order valence-corrected chi connectivity index (χ2v) is 4.49. The number of nitrogen functional groups attached to an aromatic ring is 1. The molecule has 16 heavy (non-hydrogen) atoms. The summed E-state index contributed by atoms with van der Waals surface area (Å²) >= 11 is 0. The maximum Gasteiger partial charge on any atom is 0.340 e. The smallest absolute Gasteiger partial charge is 0.340 e. The molecule has 0 radical (unpaired) electrons. The summed E-state index contributed by atoms with van der Waals surface area (Å²) in [5.74, 6) is 0.0345. The van der Waals surface area contributed by atoms with Crippen LogP contribution in [0.4, 0.5) is 11.5 Å². The molecular formula is C11H17N3O2. The van der Waals surface area contributed by atoms with Crippen LogP contribution >= 0.6 is 0 Å². The fourth-order valence-electron chi connectivity index (χ4n) is 1.22. The summed E-state index contributed by atoms with van der Waals surface area (Å²) in [4.78, 5) is 15.5. The van der Waals surface area contributed by atoms with Gasteiger partial charge in [-0.25, -0.2) is 9.78 Å². The average Bonchev–Trinajstić information content (AvgIpc) is 2.18. The third kappa shape index (κ3) is 2.85. The van der Waals surface area contributed by atoms with E-state index in [-0.39, 0.29) is 5.54 Å². The van der Waals surface area contributed by atoms with E-state index in [1.807, 2.05) is 20.8 Å². The first-order valence-electron chi connectivity index (χ1n) is 4.96. The van der Waals surface area contributed by atoms with Crippen LogP contribution in [0.1, 0.15) is 31.1 Å². The largest absolute Gasteiger partial charge is 0.465 e. The lowest BCUT2D eigenvalue weighted by atomic mass is 10.1. The Bertz CT molecular complexity index is 397. The third-order valence-electron chi connectivity index (χ3n) is 1.89. The quantitative estimate of drug-likeness (QED) is 0.745. The second-order valence-electron chi connectivity index (χ2n) is 4.49. The molecule has 0 saturated heterocycles. The first kappa shape index (κ1) is 12.3. The lowest BCUT2D eigenvalue weighted by molar-refractivity contribution is 0.0602. The van der Waals surface area contributed by atoms with Gasteiger partial charge < -0.3 is 15.8 Å². The SMILES string of the molecule is COC(=O)c1ccnc(NC(C)(C)C)c1N. The van der Waals surface area contributed by atoms with Crippen LogP contribution in [-0.2, 0) is 4.74 Å². The number of nitrogens with one attached hydrogen (secondary N) is 1. The number of anilines is 2. The molecule has 1 heterocycles. The minimum Gasteiger partial charge on any atom is -0.465 e. The Hall–Kier alpha value is -1.78. The molecule has 3 N–H and O–H groups in total. The highest BCUT2D eigenvalue weighted by molar-refractivity contribution is 5.97. The van der Waals surface area contributed by atoms with Crippen molar-refractivity contribution in [3.8, 4) is 0 Å². The minimum absolute atomic E-state index is 0.171. The number of nitrogens with two attached hydrogens (primary N) is 1. The molecule has 5 heteroatoms. The van der Waals surface area contributed by atoms with Crippen molar-refractivity contribution in [2.24, 2.45) is 0 Å². The first-order valence-corrected chi connectivity index (χ1v) is 4.96. The monoisotopic (exact) mass is 223 g/mol. The van der Waals surface area contributed by atoms with Crippen LogP contribution in [0.5, 0.6) is 0 Å². The zero-order chi connectivity index (χ0) is 12.3. The number of rotatable bonds is 2. The molecular weight excluding hydrogens is 206 g/mol. The summed E-state index contributed by atoms with van der Waals surface area (Å²) in [6.07, 6.45) is 1.52. The number of hydrogen-bond acceptors (Lipinski definition) is 5. The summed E-state index contributed by atoms with van der Waals surface area (Å²) in [6, 6.07) is 1.54. The van der Waals surface area contributed by atoms with Gasteiger partial charge >= 0.3 is 5.97 Å². The zero-order valence-electron chi connectivity index (χ0n) is 10.00. The van der Waals surface area contributed by atoms with Crippen molar-refractivity contribution in [2.75, 3.05) is 18.2 Å². The number of esters is 1. The molecule has 1 aromatic heterocycles. The van der Waals surface area contributed by atoms with Gasteiger partial charge in [0.2, 0.25) is 0 Å². The summed E-state index contributed by atoms with van der Waals surface area (Å²) in [6.45, 7) is 5.96. The highest BCUT2D eigenvalue weighted by Crippen LogP contribution is 2.23. The number of nitrogens with zero attached hydrogens (tertiary/aromatic N) is 1. The molecule has 0 saturated carbocycles. The van der Waals surface area contributed by atoms with Crippen LogP contribution in [0.2, 0.25) is 0 Å². The van der Waals surface area contributed by atoms with Crippen molar-refractivity contribution in [1.82, 2.24) is 4.98 Å². The van der Waals surface area contributed by atoms with Gasteiger partial charge in [-0.1, -0.05) is 0 Å². The van der Waals surface area contributed by atoms with Crippen LogP contribution in [0.25, 0.3) is 0 Å². The van der Waals surface area contributed by atoms with Crippen molar-refractivity contribution >= 4 is 17.5 Å². The third-order valence-corrected chi connectivity index (χ3v) is 1.89. The Balaban J connectivity index is 3.09.